The maximum Gasteiger partial charge on any atom is 0.230 e. The van der Waals surface area contributed by atoms with Gasteiger partial charge in [-0.25, -0.2) is 4.98 Å². The second-order valence-electron chi connectivity index (χ2n) is 6.27. The highest BCUT2D eigenvalue weighted by molar-refractivity contribution is 7.13. The van der Waals surface area contributed by atoms with Crippen molar-refractivity contribution in [2.75, 3.05) is 12.4 Å². The third-order valence-electron chi connectivity index (χ3n) is 4.15. The Bertz CT molecular complexity index is 937. The number of rotatable bonds is 6. The molecule has 1 aromatic heterocycles. The van der Waals surface area contributed by atoms with Crippen molar-refractivity contribution >= 4 is 28.8 Å². The van der Waals surface area contributed by atoms with Crippen molar-refractivity contribution in [1.82, 2.24) is 9.88 Å². The SMILES string of the molecule is CC(=O)N(C)Cc1ccccc1NC(=O)Cc1csc(-c2ccccc2)n1. The molecule has 0 spiro atoms. The van der Waals surface area contributed by atoms with Crippen molar-refractivity contribution in [3.05, 3.63) is 71.2 Å². The number of anilines is 1. The van der Waals surface area contributed by atoms with Crippen LogP contribution in [0.25, 0.3) is 10.6 Å². The summed E-state index contributed by atoms with van der Waals surface area (Å²) in [5, 5.41) is 5.76. The Kier molecular flexibility index (Phi) is 5.98. The van der Waals surface area contributed by atoms with E-state index in [4.69, 9.17) is 0 Å². The Morgan fingerprint density at radius 2 is 1.78 bits per heavy atom. The van der Waals surface area contributed by atoms with E-state index in [1.807, 2.05) is 60.0 Å². The molecule has 0 saturated heterocycles. The van der Waals surface area contributed by atoms with Gasteiger partial charge in [0.15, 0.2) is 0 Å². The van der Waals surface area contributed by atoms with E-state index in [2.05, 4.69) is 10.3 Å². The molecule has 3 rings (SSSR count). The zero-order valence-corrected chi connectivity index (χ0v) is 16.1. The maximum atomic E-state index is 12.5. The molecule has 0 aliphatic heterocycles. The number of aromatic nitrogens is 1. The highest BCUT2D eigenvalue weighted by Crippen LogP contribution is 2.24. The fraction of sp³-hybridized carbons (Fsp3) is 0.190. The van der Waals surface area contributed by atoms with Crippen LogP contribution >= 0.6 is 11.3 Å². The molecule has 0 bridgehead atoms. The Balaban J connectivity index is 1.67. The number of hydrogen-bond acceptors (Lipinski definition) is 4. The molecule has 0 radical (unpaired) electrons. The Labute approximate surface area is 162 Å². The molecule has 0 unspecified atom stereocenters. The number of benzene rings is 2. The molecule has 1 N–H and O–H groups in total. The molecular weight excluding hydrogens is 358 g/mol. The molecule has 1 heterocycles. The molecule has 0 saturated carbocycles. The minimum Gasteiger partial charge on any atom is -0.342 e. The van der Waals surface area contributed by atoms with Crippen molar-refractivity contribution in [3.8, 4) is 10.6 Å². The van der Waals surface area contributed by atoms with Gasteiger partial charge in [-0.1, -0.05) is 48.5 Å². The van der Waals surface area contributed by atoms with E-state index in [1.54, 1.807) is 11.9 Å². The molecule has 0 fully saturated rings. The van der Waals surface area contributed by atoms with Gasteiger partial charge in [-0.2, -0.15) is 0 Å². The van der Waals surface area contributed by atoms with Crippen LogP contribution in [0.4, 0.5) is 5.69 Å². The van der Waals surface area contributed by atoms with Gasteiger partial charge < -0.3 is 10.2 Å². The van der Waals surface area contributed by atoms with Gasteiger partial charge in [0.25, 0.3) is 0 Å². The van der Waals surface area contributed by atoms with E-state index >= 15 is 0 Å². The van der Waals surface area contributed by atoms with E-state index in [9.17, 15) is 9.59 Å². The maximum absolute atomic E-state index is 12.5. The van der Waals surface area contributed by atoms with Gasteiger partial charge in [0.2, 0.25) is 11.8 Å². The van der Waals surface area contributed by atoms with Crippen molar-refractivity contribution in [2.24, 2.45) is 0 Å². The largest absolute Gasteiger partial charge is 0.342 e. The highest BCUT2D eigenvalue weighted by Gasteiger charge is 2.12. The predicted octanol–water partition coefficient (Wildman–Crippen LogP) is 3.97. The van der Waals surface area contributed by atoms with E-state index in [0.717, 1.165) is 21.8 Å². The Morgan fingerprint density at radius 3 is 2.52 bits per heavy atom. The number of carbonyl (C=O) groups excluding carboxylic acids is 2. The van der Waals surface area contributed by atoms with Crippen molar-refractivity contribution in [3.63, 3.8) is 0 Å². The first-order chi connectivity index (χ1) is 13.0. The van der Waals surface area contributed by atoms with E-state index in [0.29, 0.717) is 12.2 Å². The van der Waals surface area contributed by atoms with Crippen LogP contribution in [-0.4, -0.2) is 28.7 Å². The number of carbonyl (C=O) groups is 2. The Hall–Kier alpha value is -2.99. The van der Waals surface area contributed by atoms with Crippen LogP contribution in [0.15, 0.2) is 60.0 Å². The summed E-state index contributed by atoms with van der Waals surface area (Å²) in [5.41, 5.74) is 3.40. The average Bonchev–Trinajstić information content (AvgIpc) is 3.12. The molecule has 3 aromatic rings. The van der Waals surface area contributed by atoms with Crippen LogP contribution < -0.4 is 5.32 Å². The number of amides is 2. The van der Waals surface area contributed by atoms with E-state index in [1.165, 1.54) is 18.3 Å². The van der Waals surface area contributed by atoms with Gasteiger partial charge in [0, 0.05) is 37.1 Å². The first kappa shape index (κ1) is 18.8. The third-order valence-corrected chi connectivity index (χ3v) is 5.09. The number of nitrogens with zero attached hydrogens (tertiary/aromatic N) is 2. The minimum absolute atomic E-state index is 0.0213. The average molecular weight is 379 g/mol. The third kappa shape index (κ3) is 5.01. The second kappa shape index (κ2) is 8.60. The molecule has 0 atom stereocenters. The summed E-state index contributed by atoms with van der Waals surface area (Å²) in [7, 11) is 1.74. The van der Waals surface area contributed by atoms with Crippen LogP contribution in [0.3, 0.4) is 0 Å². The lowest BCUT2D eigenvalue weighted by atomic mass is 10.1. The predicted molar refractivity (Wildman–Crippen MR) is 108 cm³/mol. The quantitative estimate of drug-likeness (QED) is 0.705. The first-order valence-corrected chi connectivity index (χ1v) is 9.50. The molecule has 0 aliphatic rings. The topological polar surface area (TPSA) is 62.3 Å². The molecule has 27 heavy (non-hydrogen) atoms. The lowest BCUT2D eigenvalue weighted by Crippen LogP contribution is -2.24. The van der Waals surface area contributed by atoms with Crippen LogP contribution in [0.5, 0.6) is 0 Å². The summed E-state index contributed by atoms with van der Waals surface area (Å²) in [6.07, 6.45) is 0.209. The van der Waals surface area contributed by atoms with Crippen LogP contribution in [-0.2, 0) is 22.6 Å². The summed E-state index contributed by atoms with van der Waals surface area (Å²) < 4.78 is 0. The number of hydrogen-bond donors (Lipinski definition) is 1. The van der Waals surface area contributed by atoms with Gasteiger partial charge in [0.1, 0.15) is 5.01 Å². The lowest BCUT2D eigenvalue weighted by molar-refractivity contribution is -0.128. The molecule has 2 amide bonds. The normalized spacial score (nSPS) is 10.4. The molecule has 5 nitrogen and oxygen atoms in total. The molecule has 0 aliphatic carbocycles. The number of thiazole rings is 1. The zero-order chi connectivity index (χ0) is 19.2. The van der Waals surface area contributed by atoms with E-state index in [-0.39, 0.29) is 18.2 Å². The Morgan fingerprint density at radius 1 is 1.07 bits per heavy atom. The summed E-state index contributed by atoms with van der Waals surface area (Å²) in [6.45, 7) is 1.97. The molecule has 138 valence electrons. The smallest absolute Gasteiger partial charge is 0.230 e. The minimum atomic E-state index is -0.127. The first-order valence-electron chi connectivity index (χ1n) is 8.62. The van der Waals surface area contributed by atoms with Gasteiger partial charge in [-0.15, -0.1) is 11.3 Å². The van der Waals surface area contributed by atoms with Crippen LogP contribution in [0.2, 0.25) is 0 Å². The highest BCUT2D eigenvalue weighted by atomic mass is 32.1. The summed E-state index contributed by atoms with van der Waals surface area (Å²) in [4.78, 5) is 30.1. The lowest BCUT2D eigenvalue weighted by Gasteiger charge is -2.17. The van der Waals surface area contributed by atoms with Gasteiger partial charge in [-0.05, 0) is 11.6 Å². The fourth-order valence-electron chi connectivity index (χ4n) is 2.61. The van der Waals surface area contributed by atoms with Gasteiger partial charge >= 0.3 is 0 Å². The monoisotopic (exact) mass is 379 g/mol. The summed E-state index contributed by atoms with van der Waals surface area (Å²) in [6, 6.07) is 17.4. The zero-order valence-electron chi connectivity index (χ0n) is 15.3. The standard InChI is InChI=1S/C21H21N3O2S/c1-15(25)24(2)13-17-10-6-7-11-19(17)23-20(26)12-18-14-27-21(22-18)16-8-4-3-5-9-16/h3-11,14H,12-13H2,1-2H3,(H,23,26). The fourth-order valence-corrected chi connectivity index (χ4v) is 3.43. The number of para-hydroxylation sites is 1. The second-order valence-corrected chi connectivity index (χ2v) is 7.13. The molecular formula is C21H21N3O2S. The molecule has 6 heteroatoms. The van der Waals surface area contributed by atoms with Crippen LogP contribution in [0.1, 0.15) is 18.2 Å². The summed E-state index contributed by atoms with van der Waals surface area (Å²) in [5.74, 6) is -0.148. The van der Waals surface area contributed by atoms with Gasteiger partial charge in [0.05, 0.1) is 12.1 Å². The van der Waals surface area contributed by atoms with Gasteiger partial charge in [-0.3, -0.25) is 9.59 Å². The summed E-state index contributed by atoms with van der Waals surface area (Å²) >= 11 is 1.53. The van der Waals surface area contributed by atoms with E-state index < -0.39 is 0 Å². The molecule has 2 aromatic carbocycles. The van der Waals surface area contributed by atoms with Crippen molar-refractivity contribution in [1.29, 1.82) is 0 Å². The van der Waals surface area contributed by atoms with Crippen molar-refractivity contribution in [2.45, 2.75) is 19.9 Å². The number of nitrogens with one attached hydrogen (secondary N) is 1. The van der Waals surface area contributed by atoms with Crippen molar-refractivity contribution < 1.29 is 9.59 Å². The van der Waals surface area contributed by atoms with Crippen LogP contribution in [0, 0.1) is 0 Å².